The summed E-state index contributed by atoms with van der Waals surface area (Å²) in [7, 11) is 0. The maximum atomic E-state index is 8.70. The number of hydrogen-bond acceptors (Lipinski definition) is 6. The van der Waals surface area contributed by atoms with Crippen molar-refractivity contribution in [2.24, 2.45) is 0 Å². The van der Waals surface area contributed by atoms with Crippen molar-refractivity contribution in [3.8, 4) is 11.5 Å². The quantitative estimate of drug-likeness (QED) is 0.384. The zero-order valence-corrected chi connectivity index (χ0v) is 16.5. The maximum Gasteiger partial charge on any atom is 0.145 e. The average Bonchev–Trinajstić information content (AvgIpc) is 2.76. The highest BCUT2D eigenvalue weighted by atomic mass is 16.5. The highest BCUT2D eigenvalue weighted by Crippen LogP contribution is 2.27. The van der Waals surface area contributed by atoms with Gasteiger partial charge in [-0.1, -0.05) is 35.9 Å². The number of nitrogens with two attached hydrogens (primary N) is 1. The topological polar surface area (TPSA) is 96.9 Å². The molecule has 0 atom stereocenters. The van der Waals surface area contributed by atoms with Gasteiger partial charge in [0.2, 0.25) is 0 Å². The van der Waals surface area contributed by atoms with Gasteiger partial charge in [0.1, 0.15) is 29.5 Å². The number of para-hydroxylation sites is 1. The number of nitrogen functional groups attached to an aromatic ring is 1. The summed E-state index contributed by atoms with van der Waals surface area (Å²) in [6.45, 7) is 2.03. The Hall–Kier alpha value is -4.19. The fourth-order valence-corrected chi connectivity index (χ4v) is 2.97. The van der Waals surface area contributed by atoms with E-state index in [-0.39, 0.29) is 11.5 Å². The van der Waals surface area contributed by atoms with Crippen molar-refractivity contribution in [2.75, 3.05) is 11.1 Å². The molecule has 4 N–H and O–H groups in total. The van der Waals surface area contributed by atoms with Gasteiger partial charge in [-0.3, -0.25) is 5.41 Å². The van der Waals surface area contributed by atoms with Gasteiger partial charge in [0.15, 0.2) is 0 Å². The van der Waals surface area contributed by atoms with Crippen LogP contribution in [0.1, 0.15) is 16.7 Å². The van der Waals surface area contributed by atoms with Crippen molar-refractivity contribution >= 4 is 23.0 Å². The highest BCUT2D eigenvalue weighted by molar-refractivity contribution is 6.16. The molecule has 0 aliphatic carbocycles. The van der Waals surface area contributed by atoms with Crippen LogP contribution >= 0.6 is 0 Å². The van der Waals surface area contributed by atoms with E-state index in [1.54, 1.807) is 0 Å². The number of hydrogen-bond donors (Lipinski definition) is 3. The molecule has 3 aromatic carbocycles. The van der Waals surface area contributed by atoms with Crippen LogP contribution in [-0.2, 0) is 0 Å². The Labute approximate surface area is 174 Å². The van der Waals surface area contributed by atoms with Crippen LogP contribution in [0.25, 0.3) is 0 Å². The van der Waals surface area contributed by atoms with Crippen molar-refractivity contribution in [1.29, 1.82) is 5.41 Å². The van der Waals surface area contributed by atoms with Gasteiger partial charge >= 0.3 is 0 Å². The molecule has 0 saturated heterocycles. The Kier molecular flexibility index (Phi) is 5.39. The second-order valence-electron chi connectivity index (χ2n) is 6.79. The number of aryl methyl sites for hydroxylation is 1. The third-order valence-electron chi connectivity index (χ3n) is 4.56. The summed E-state index contributed by atoms with van der Waals surface area (Å²) in [5.74, 6) is 2.17. The number of aromatic nitrogens is 2. The summed E-state index contributed by atoms with van der Waals surface area (Å²) in [6.07, 6.45) is 1.39. The van der Waals surface area contributed by atoms with E-state index in [2.05, 4.69) is 15.3 Å². The number of nitrogens with zero attached hydrogens (tertiary/aromatic N) is 2. The summed E-state index contributed by atoms with van der Waals surface area (Å²) < 4.78 is 5.82. The standard InChI is InChI=1S/C24H21N5O/c1-16-7-11-18(12-8-16)29-24-21(23(26)27-15-28-24)22(25)17-9-13-20(14-10-17)30-19-5-3-2-4-6-19/h2-15,25H,1H3,(H3,26,27,28,29). The fraction of sp³-hybridized carbons (Fsp3) is 0.0417. The van der Waals surface area contributed by atoms with E-state index in [9.17, 15) is 0 Å². The van der Waals surface area contributed by atoms with Crippen LogP contribution < -0.4 is 15.8 Å². The Morgan fingerprint density at radius 3 is 2.23 bits per heavy atom. The first-order valence-corrected chi connectivity index (χ1v) is 9.46. The minimum Gasteiger partial charge on any atom is -0.457 e. The molecule has 0 aliphatic rings. The first kappa shape index (κ1) is 19.1. The van der Waals surface area contributed by atoms with E-state index in [1.807, 2.05) is 85.8 Å². The fourth-order valence-electron chi connectivity index (χ4n) is 2.97. The van der Waals surface area contributed by atoms with Crippen molar-refractivity contribution in [2.45, 2.75) is 6.92 Å². The SMILES string of the molecule is Cc1ccc(Nc2ncnc(N)c2C(=N)c2ccc(Oc3ccccc3)cc2)cc1. The van der Waals surface area contributed by atoms with Gasteiger partial charge < -0.3 is 15.8 Å². The molecule has 0 bridgehead atoms. The van der Waals surface area contributed by atoms with Gasteiger partial charge in [-0.15, -0.1) is 0 Å². The van der Waals surface area contributed by atoms with Crippen LogP contribution in [0.5, 0.6) is 11.5 Å². The Bertz CT molecular complexity index is 1160. The van der Waals surface area contributed by atoms with Gasteiger partial charge in [-0.05, 0) is 55.5 Å². The highest BCUT2D eigenvalue weighted by Gasteiger charge is 2.16. The molecule has 0 spiro atoms. The van der Waals surface area contributed by atoms with Crippen LogP contribution in [0.2, 0.25) is 0 Å². The first-order chi connectivity index (χ1) is 14.6. The Morgan fingerprint density at radius 2 is 1.53 bits per heavy atom. The lowest BCUT2D eigenvalue weighted by Gasteiger charge is -2.14. The average molecular weight is 395 g/mol. The lowest BCUT2D eigenvalue weighted by Crippen LogP contribution is -2.12. The van der Waals surface area contributed by atoms with Crippen molar-refractivity contribution in [3.63, 3.8) is 0 Å². The normalized spacial score (nSPS) is 10.4. The van der Waals surface area contributed by atoms with Gasteiger partial charge in [0.25, 0.3) is 0 Å². The molecule has 0 radical (unpaired) electrons. The van der Waals surface area contributed by atoms with Crippen molar-refractivity contribution < 1.29 is 4.74 Å². The third-order valence-corrected chi connectivity index (χ3v) is 4.56. The number of rotatable bonds is 6. The minimum absolute atomic E-state index is 0.231. The largest absolute Gasteiger partial charge is 0.457 e. The Morgan fingerprint density at radius 1 is 0.867 bits per heavy atom. The van der Waals surface area contributed by atoms with E-state index in [4.69, 9.17) is 15.9 Å². The zero-order chi connectivity index (χ0) is 20.9. The molecular weight excluding hydrogens is 374 g/mol. The summed E-state index contributed by atoms with van der Waals surface area (Å²) >= 11 is 0. The summed E-state index contributed by atoms with van der Waals surface area (Å²) in [5, 5.41) is 11.9. The van der Waals surface area contributed by atoms with E-state index in [0.29, 0.717) is 22.7 Å². The third kappa shape index (κ3) is 4.28. The monoisotopic (exact) mass is 395 g/mol. The van der Waals surface area contributed by atoms with E-state index in [0.717, 1.165) is 17.0 Å². The van der Waals surface area contributed by atoms with Crippen LogP contribution in [0.15, 0.2) is 85.2 Å². The maximum absolute atomic E-state index is 8.70. The van der Waals surface area contributed by atoms with Gasteiger partial charge in [0, 0.05) is 11.3 Å². The number of nitrogens with one attached hydrogen (secondary N) is 2. The molecule has 0 unspecified atom stereocenters. The predicted octanol–water partition coefficient (Wildman–Crippen LogP) is 5.32. The summed E-state index contributed by atoms with van der Waals surface area (Å²) in [6, 6.07) is 24.8. The smallest absolute Gasteiger partial charge is 0.145 e. The van der Waals surface area contributed by atoms with Crippen LogP contribution in [0.3, 0.4) is 0 Å². The second kappa shape index (κ2) is 8.45. The minimum atomic E-state index is 0.231. The first-order valence-electron chi connectivity index (χ1n) is 9.46. The zero-order valence-electron chi connectivity index (χ0n) is 16.5. The Balaban J connectivity index is 1.59. The number of ether oxygens (including phenoxy) is 1. The van der Waals surface area contributed by atoms with Crippen LogP contribution in [-0.4, -0.2) is 15.7 Å². The van der Waals surface area contributed by atoms with Crippen molar-refractivity contribution in [1.82, 2.24) is 9.97 Å². The summed E-state index contributed by atoms with van der Waals surface area (Å²) in [5.41, 5.74) is 9.50. The number of benzene rings is 3. The molecule has 1 aromatic heterocycles. The lowest BCUT2D eigenvalue weighted by atomic mass is 10.0. The van der Waals surface area contributed by atoms with E-state index >= 15 is 0 Å². The molecule has 0 amide bonds. The predicted molar refractivity (Wildman–Crippen MR) is 120 cm³/mol. The molecule has 30 heavy (non-hydrogen) atoms. The van der Waals surface area contributed by atoms with Crippen LogP contribution in [0.4, 0.5) is 17.3 Å². The molecule has 0 fully saturated rings. The molecular formula is C24H21N5O. The van der Waals surface area contributed by atoms with Crippen LogP contribution in [0, 0.1) is 12.3 Å². The summed E-state index contributed by atoms with van der Waals surface area (Å²) in [4.78, 5) is 8.39. The molecule has 6 nitrogen and oxygen atoms in total. The van der Waals surface area contributed by atoms with Gasteiger partial charge in [-0.2, -0.15) is 0 Å². The number of anilines is 3. The molecule has 0 saturated carbocycles. The van der Waals surface area contributed by atoms with Gasteiger partial charge in [-0.25, -0.2) is 9.97 Å². The van der Waals surface area contributed by atoms with E-state index < -0.39 is 0 Å². The molecule has 6 heteroatoms. The molecule has 148 valence electrons. The molecule has 0 aliphatic heterocycles. The molecule has 4 rings (SSSR count). The van der Waals surface area contributed by atoms with E-state index in [1.165, 1.54) is 6.33 Å². The molecule has 1 heterocycles. The second-order valence-corrected chi connectivity index (χ2v) is 6.79. The lowest BCUT2D eigenvalue weighted by molar-refractivity contribution is 0.482. The van der Waals surface area contributed by atoms with Crippen molar-refractivity contribution in [3.05, 3.63) is 102 Å². The van der Waals surface area contributed by atoms with Gasteiger partial charge in [0.05, 0.1) is 11.3 Å². The molecule has 4 aromatic rings.